The second-order valence-corrected chi connectivity index (χ2v) is 7.01. The highest BCUT2D eigenvalue weighted by Gasteiger charge is 2.93. The zero-order valence-corrected chi connectivity index (χ0v) is 11.8. The number of aliphatic carboxylic acids is 1. The molecule has 2 aliphatic heterocycles. The van der Waals surface area contributed by atoms with Crippen molar-refractivity contribution >= 4 is 5.97 Å². The van der Waals surface area contributed by atoms with Crippen LogP contribution in [-0.2, 0) is 14.3 Å². The van der Waals surface area contributed by atoms with Gasteiger partial charge in [-0.3, -0.25) is 4.79 Å². The number of carboxylic acid groups (broad SMARTS) is 1. The molecule has 2 saturated heterocycles. The molecule has 2 heterocycles. The Labute approximate surface area is 119 Å². The van der Waals surface area contributed by atoms with Crippen LogP contribution in [0, 0.1) is 17.3 Å². The first-order valence-electron chi connectivity index (χ1n) is 7.84. The van der Waals surface area contributed by atoms with E-state index in [1.165, 1.54) is 19.3 Å². The first-order chi connectivity index (χ1) is 9.58. The van der Waals surface area contributed by atoms with Gasteiger partial charge < -0.3 is 14.6 Å². The second kappa shape index (κ2) is 3.86. The largest absolute Gasteiger partial charge is 0.481 e. The lowest BCUT2D eigenvalue weighted by atomic mass is 9.60. The molecule has 2 unspecified atom stereocenters. The molecule has 0 aromatic rings. The fourth-order valence-corrected chi connectivity index (χ4v) is 4.85. The molecular weight excluding hydrogens is 256 g/mol. The summed E-state index contributed by atoms with van der Waals surface area (Å²) in [4.78, 5) is 12.1. The third-order valence-corrected chi connectivity index (χ3v) is 6.08. The molecule has 20 heavy (non-hydrogen) atoms. The molecule has 4 rings (SSSR count). The molecule has 0 aromatic carbocycles. The van der Waals surface area contributed by atoms with Crippen LogP contribution in [0.4, 0.5) is 0 Å². The Morgan fingerprint density at radius 3 is 2.45 bits per heavy atom. The number of ether oxygens (including phenoxy) is 2. The van der Waals surface area contributed by atoms with Gasteiger partial charge in [-0.25, -0.2) is 0 Å². The van der Waals surface area contributed by atoms with Crippen LogP contribution in [0.5, 0.6) is 0 Å². The van der Waals surface area contributed by atoms with Crippen molar-refractivity contribution in [1.29, 1.82) is 0 Å². The average molecular weight is 278 g/mol. The number of hydrogen-bond donors (Lipinski definition) is 1. The Balaban J connectivity index is 1.63. The number of carboxylic acids is 1. The van der Waals surface area contributed by atoms with Crippen LogP contribution in [0.1, 0.15) is 51.4 Å². The highest BCUT2D eigenvalue weighted by atomic mass is 17.0. The molecule has 4 nitrogen and oxygen atoms in total. The second-order valence-electron chi connectivity index (χ2n) is 7.01. The number of rotatable bonds is 4. The number of allylic oxidation sites excluding steroid dienone is 1. The highest BCUT2D eigenvalue weighted by molar-refractivity contribution is 5.76. The Morgan fingerprint density at radius 1 is 1.20 bits per heavy atom. The van der Waals surface area contributed by atoms with E-state index in [0.29, 0.717) is 18.8 Å². The maximum atomic E-state index is 12.1. The van der Waals surface area contributed by atoms with Gasteiger partial charge in [0.05, 0.1) is 5.41 Å². The molecular formula is C16H22O4. The summed E-state index contributed by atoms with van der Waals surface area (Å²) in [5, 5.41) is 9.93. The van der Waals surface area contributed by atoms with Gasteiger partial charge in [-0.05, 0) is 31.1 Å². The van der Waals surface area contributed by atoms with Crippen LogP contribution in [0.2, 0.25) is 0 Å². The van der Waals surface area contributed by atoms with Crippen LogP contribution >= 0.6 is 0 Å². The third-order valence-electron chi connectivity index (χ3n) is 6.08. The lowest BCUT2D eigenvalue weighted by Gasteiger charge is -2.41. The topological polar surface area (TPSA) is 62.4 Å². The first-order valence-corrected chi connectivity index (χ1v) is 7.84. The van der Waals surface area contributed by atoms with E-state index >= 15 is 0 Å². The highest BCUT2D eigenvalue weighted by Crippen LogP contribution is 2.78. The van der Waals surface area contributed by atoms with Crippen LogP contribution in [0.25, 0.3) is 0 Å². The van der Waals surface area contributed by atoms with Crippen molar-refractivity contribution < 1.29 is 19.4 Å². The molecule has 2 saturated carbocycles. The Kier molecular flexibility index (Phi) is 2.48. The zero-order valence-electron chi connectivity index (χ0n) is 11.8. The molecule has 0 spiro atoms. The van der Waals surface area contributed by atoms with Crippen molar-refractivity contribution in [1.82, 2.24) is 0 Å². The van der Waals surface area contributed by atoms with Crippen LogP contribution in [0.15, 0.2) is 12.7 Å². The van der Waals surface area contributed by atoms with Crippen molar-refractivity contribution in [2.75, 3.05) is 0 Å². The summed E-state index contributed by atoms with van der Waals surface area (Å²) in [6, 6.07) is 0. The van der Waals surface area contributed by atoms with Gasteiger partial charge in [0.15, 0.2) is 0 Å². The van der Waals surface area contributed by atoms with Gasteiger partial charge in [-0.1, -0.05) is 25.3 Å². The summed E-state index contributed by atoms with van der Waals surface area (Å²) in [6.45, 7) is 3.97. The van der Waals surface area contributed by atoms with Gasteiger partial charge in [0.2, 0.25) is 11.6 Å². The van der Waals surface area contributed by atoms with Crippen molar-refractivity contribution in [2.24, 2.45) is 17.3 Å². The fourth-order valence-electron chi connectivity index (χ4n) is 4.85. The molecule has 110 valence electrons. The van der Waals surface area contributed by atoms with Crippen molar-refractivity contribution in [3.63, 3.8) is 0 Å². The monoisotopic (exact) mass is 278 g/mol. The van der Waals surface area contributed by atoms with Crippen molar-refractivity contribution in [2.45, 2.75) is 62.9 Å². The van der Waals surface area contributed by atoms with Gasteiger partial charge >= 0.3 is 5.97 Å². The van der Waals surface area contributed by atoms with E-state index < -0.39 is 17.2 Å². The van der Waals surface area contributed by atoms with E-state index in [-0.39, 0.29) is 11.7 Å². The normalized spacial score (nSPS) is 47.8. The van der Waals surface area contributed by atoms with Gasteiger partial charge in [-0.2, -0.15) is 0 Å². The summed E-state index contributed by atoms with van der Waals surface area (Å²) in [5.74, 6) is -1.12. The van der Waals surface area contributed by atoms with Crippen LogP contribution in [0.3, 0.4) is 0 Å². The lowest BCUT2D eigenvalue weighted by molar-refractivity contribution is -0.158. The lowest BCUT2D eigenvalue weighted by Crippen LogP contribution is -2.45. The molecule has 4 fully saturated rings. The predicted molar refractivity (Wildman–Crippen MR) is 71.8 cm³/mol. The number of epoxide rings is 2. The zero-order chi connectivity index (χ0) is 14.0. The number of carbonyl (C=O) groups is 1. The molecule has 2 atom stereocenters. The smallest absolute Gasteiger partial charge is 0.310 e. The summed E-state index contributed by atoms with van der Waals surface area (Å²) in [7, 11) is 0. The van der Waals surface area contributed by atoms with E-state index in [0.717, 1.165) is 19.3 Å². The van der Waals surface area contributed by atoms with Crippen molar-refractivity contribution in [3.8, 4) is 0 Å². The van der Waals surface area contributed by atoms with Gasteiger partial charge in [-0.15, -0.1) is 6.58 Å². The maximum absolute atomic E-state index is 12.1. The van der Waals surface area contributed by atoms with E-state index in [9.17, 15) is 9.90 Å². The van der Waals surface area contributed by atoms with E-state index in [1.807, 2.05) is 6.08 Å². The van der Waals surface area contributed by atoms with E-state index in [4.69, 9.17) is 9.47 Å². The summed E-state index contributed by atoms with van der Waals surface area (Å²) >= 11 is 0. The molecule has 4 aliphatic rings. The van der Waals surface area contributed by atoms with E-state index in [1.54, 1.807) is 0 Å². The summed E-state index contributed by atoms with van der Waals surface area (Å²) in [5.41, 5.74) is -0.736. The summed E-state index contributed by atoms with van der Waals surface area (Å²) < 4.78 is 11.2. The minimum Gasteiger partial charge on any atom is -0.481 e. The Morgan fingerprint density at radius 2 is 1.90 bits per heavy atom. The standard InChI is InChI=1S/C16H22O4/c1-2-12(11-6-4-3-5-7-11)14(13(17)18)8-9-15-16(10-14,19-15)20-15/h2,11-12H,1,3-10H2,(H,17,18). The molecule has 0 amide bonds. The van der Waals surface area contributed by atoms with Gasteiger partial charge in [0, 0.05) is 12.8 Å². The minimum atomic E-state index is -0.736. The molecule has 2 aliphatic carbocycles. The Hall–Kier alpha value is -0.870. The molecule has 0 radical (unpaired) electrons. The van der Waals surface area contributed by atoms with Crippen LogP contribution in [-0.4, -0.2) is 22.7 Å². The number of hydrogen-bond acceptors (Lipinski definition) is 3. The summed E-state index contributed by atoms with van der Waals surface area (Å²) in [6.07, 6.45) is 9.74. The average Bonchev–Trinajstić information content (AvgIpc) is 3.26. The SMILES string of the molecule is C=CC(C1CCCCC1)C1(C(=O)O)CCC23OC2(C1)O3. The quantitative estimate of drug-likeness (QED) is 0.634. The minimum absolute atomic E-state index is 0.0427. The fraction of sp³-hybridized carbons (Fsp3) is 0.812. The van der Waals surface area contributed by atoms with E-state index in [2.05, 4.69) is 6.58 Å². The molecule has 0 bridgehead atoms. The van der Waals surface area contributed by atoms with Gasteiger partial charge in [0.1, 0.15) is 0 Å². The van der Waals surface area contributed by atoms with Gasteiger partial charge in [0.25, 0.3) is 0 Å². The maximum Gasteiger partial charge on any atom is 0.310 e. The van der Waals surface area contributed by atoms with Crippen molar-refractivity contribution in [3.05, 3.63) is 12.7 Å². The first kappa shape index (κ1) is 12.8. The third kappa shape index (κ3) is 1.47. The predicted octanol–water partition coefficient (Wildman–Crippen LogP) is 3.08. The molecule has 0 aromatic heterocycles. The molecule has 1 N–H and O–H groups in total. The van der Waals surface area contributed by atoms with Crippen LogP contribution < -0.4 is 0 Å². The Bertz CT molecular complexity index is 459. The molecule has 4 heteroatoms.